The number of nitrogens with zero attached hydrogens (tertiary/aromatic N) is 3. The minimum Gasteiger partial charge on any atom is -0.479 e. The van der Waals surface area contributed by atoms with Crippen molar-refractivity contribution in [1.82, 2.24) is 9.66 Å². The van der Waals surface area contributed by atoms with Crippen molar-refractivity contribution >= 4 is 61.6 Å². The molecule has 0 radical (unpaired) electrons. The Balaban J connectivity index is 2.02. The Morgan fingerprint density at radius 2 is 2.06 bits per heavy atom. The highest BCUT2D eigenvalue weighted by Crippen LogP contribution is 2.23. The summed E-state index contributed by atoms with van der Waals surface area (Å²) in [5.41, 5.74) is 1.15. The van der Waals surface area contributed by atoms with Crippen LogP contribution in [0.3, 0.4) is 0 Å². The number of rotatable bonds is 7. The molecule has 2 atom stereocenters. The van der Waals surface area contributed by atoms with Crippen LogP contribution >= 0.6 is 38.5 Å². The van der Waals surface area contributed by atoms with Crippen LogP contribution in [0, 0.1) is 3.57 Å². The lowest BCUT2D eigenvalue weighted by Gasteiger charge is -2.14. The van der Waals surface area contributed by atoms with Gasteiger partial charge in [-0.3, -0.25) is 4.79 Å². The van der Waals surface area contributed by atoms with Gasteiger partial charge in [0, 0.05) is 10.4 Å². The van der Waals surface area contributed by atoms with Crippen LogP contribution in [0.15, 0.2) is 50.8 Å². The van der Waals surface area contributed by atoms with E-state index in [9.17, 15) is 9.59 Å². The van der Waals surface area contributed by atoms with Crippen molar-refractivity contribution in [2.45, 2.75) is 39.2 Å². The van der Waals surface area contributed by atoms with Crippen molar-refractivity contribution in [1.29, 1.82) is 0 Å². The van der Waals surface area contributed by atoms with Crippen molar-refractivity contribution < 1.29 is 14.6 Å². The molecule has 2 aromatic carbocycles. The number of fused-ring (bicyclic) bond motifs is 1. The van der Waals surface area contributed by atoms with Gasteiger partial charge < -0.3 is 9.84 Å². The van der Waals surface area contributed by atoms with Crippen LogP contribution in [0.5, 0.6) is 5.75 Å². The average Bonchev–Trinajstić information content (AvgIpc) is 2.74. The number of carbonyl (C=O) groups is 1. The molecule has 1 N–H and O–H groups in total. The van der Waals surface area contributed by atoms with Gasteiger partial charge in [-0.05, 0) is 77.9 Å². The Morgan fingerprint density at radius 1 is 1.32 bits per heavy atom. The first kappa shape index (κ1) is 23.4. The highest BCUT2D eigenvalue weighted by molar-refractivity contribution is 14.1. The summed E-state index contributed by atoms with van der Waals surface area (Å²) in [6.07, 6.45) is 1.45. The molecule has 0 aliphatic carbocycles. The third-order valence-electron chi connectivity index (χ3n) is 4.82. The summed E-state index contributed by atoms with van der Waals surface area (Å²) < 4.78 is 8.34. The number of hydrogen-bond acceptors (Lipinski definition) is 5. The molecule has 3 aromatic rings. The van der Waals surface area contributed by atoms with Gasteiger partial charge in [0.1, 0.15) is 11.6 Å². The van der Waals surface area contributed by atoms with E-state index in [0.717, 1.165) is 20.0 Å². The fraction of sp³-hybridized carbons (Fsp3) is 0.273. The Kier molecular flexibility index (Phi) is 7.47. The molecule has 9 heteroatoms. The van der Waals surface area contributed by atoms with Crippen LogP contribution in [0.1, 0.15) is 44.5 Å². The van der Waals surface area contributed by atoms with Crippen molar-refractivity contribution in [3.8, 4) is 5.75 Å². The topological polar surface area (TPSA) is 93.8 Å². The van der Waals surface area contributed by atoms with E-state index >= 15 is 0 Å². The van der Waals surface area contributed by atoms with Crippen molar-refractivity contribution in [2.75, 3.05) is 0 Å². The summed E-state index contributed by atoms with van der Waals surface area (Å²) in [6, 6.07) is 10.7. The van der Waals surface area contributed by atoms with Crippen molar-refractivity contribution in [3.63, 3.8) is 0 Å². The summed E-state index contributed by atoms with van der Waals surface area (Å²) in [6.45, 7) is 5.52. The quantitative estimate of drug-likeness (QED) is 0.305. The molecule has 0 fully saturated rings. The minimum absolute atomic E-state index is 0.0475. The Morgan fingerprint density at radius 3 is 2.71 bits per heavy atom. The molecule has 0 bridgehead atoms. The molecular formula is C22H21BrIN3O4. The molecule has 1 aromatic heterocycles. The summed E-state index contributed by atoms with van der Waals surface area (Å²) in [5.74, 6) is 0.0889. The lowest BCUT2D eigenvalue weighted by Crippen LogP contribution is -2.24. The van der Waals surface area contributed by atoms with Crippen molar-refractivity contribution in [3.05, 3.63) is 66.2 Å². The molecule has 1 heterocycles. The minimum atomic E-state index is -1.03. The first-order valence-electron chi connectivity index (χ1n) is 9.66. The third kappa shape index (κ3) is 5.32. The first-order chi connectivity index (χ1) is 14.7. The van der Waals surface area contributed by atoms with Gasteiger partial charge in [0.2, 0.25) is 0 Å². The van der Waals surface area contributed by atoms with Gasteiger partial charge in [0.15, 0.2) is 6.10 Å². The first-order valence-corrected chi connectivity index (χ1v) is 11.5. The molecule has 31 heavy (non-hydrogen) atoms. The van der Waals surface area contributed by atoms with Gasteiger partial charge in [0.25, 0.3) is 5.56 Å². The van der Waals surface area contributed by atoms with Gasteiger partial charge in [0.05, 0.1) is 20.7 Å². The zero-order chi connectivity index (χ0) is 22.7. The number of carboxylic acids is 1. The molecule has 0 saturated carbocycles. The van der Waals surface area contributed by atoms with Gasteiger partial charge in [-0.1, -0.05) is 29.8 Å². The van der Waals surface area contributed by atoms with E-state index in [1.165, 1.54) is 11.6 Å². The highest BCUT2D eigenvalue weighted by atomic mass is 127. The molecule has 0 aliphatic heterocycles. The molecule has 0 spiro atoms. The van der Waals surface area contributed by atoms with E-state index in [4.69, 9.17) is 14.8 Å². The Bertz CT molecular complexity index is 1230. The average molecular weight is 598 g/mol. The monoisotopic (exact) mass is 597 g/mol. The Hall–Kier alpha value is -2.27. The normalized spacial score (nSPS) is 13.5. The maximum absolute atomic E-state index is 13.2. The molecule has 0 amide bonds. The standard InChI is InChI=1S/C22H21BrIN3O4/c1-4-12(2)20-26-18-7-6-15(23)10-16(18)21(28)27(20)25-11-14-5-8-19(17(24)9-14)31-13(3)22(29)30/h5-13H,4H2,1-3H3,(H,29,30)/t12-,13-/m0/s1. The zero-order valence-corrected chi connectivity index (χ0v) is 20.9. The second-order valence-corrected chi connectivity index (χ2v) is 9.17. The predicted molar refractivity (Wildman–Crippen MR) is 132 cm³/mol. The number of aliphatic carboxylic acids is 1. The van der Waals surface area contributed by atoms with E-state index in [1.54, 1.807) is 24.4 Å². The van der Waals surface area contributed by atoms with Crippen LogP contribution in [0.25, 0.3) is 10.9 Å². The van der Waals surface area contributed by atoms with Crippen LogP contribution in [0.4, 0.5) is 0 Å². The molecule has 162 valence electrons. The molecule has 3 rings (SSSR count). The van der Waals surface area contributed by atoms with E-state index in [-0.39, 0.29) is 11.5 Å². The molecular weight excluding hydrogens is 577 g/mol. The van der Waals surface area contributed by atoms with Crippen LogP contribution in [-0.4, -0.2) is 33.1 Å². The Labute approximate surface area is 201 Å². The maximum atomic E-state index is 13.2. The van der Waals surface area contributed by atoms with Crippen LogP contribution in [0.2, 0.25) is 0 Å². The van der Waals surface area contributed by atoms with E-state index in [2.05, 4.69) is 43.6 Å². The van der Waals surface area contributed by atoms with Crippen LogP contribution in [-0.2, 0) is 4.79 Å². The summed E-state index contributed by atoms with van der Waals surface area (Å²) in [7, 11) is 0. The van der Waals surface area contributed by atoms with E-state index < -0.39 is 12.1 Å². The largest absolute Gasteiger partial charge is 0.479 e. The van der Waals surface area contributed by atoms with Gasteiger partial charge >= 0.3 is 5.97 Å². The smallest absolute Gasteiger partial charge is 0.344 e. The number of benzene rings is 2. The van der Waals surface area contributed by atoms with Crippen LogP contribution < -0.4 is 10.3 Å². The zero-order valence-electron chi connectivity index (χ0n) is 17.2. The molecule has 0 unspecified atom stereocenters. The van der Waals surface area contributed by atoms with Crippen molar-refractivity contribution in [2.24, 2.45) is 5.10 Å². The summed E-state index contributed by atoms with van der Waals surface area (Å²) >= 11 is 5.48. The van der Waals surface area contributed by atoms with E-state index in [1.807, 2.05) is 32.0 Å². The molecule has 0 aliphatic rings. The number of halogens is 2. The second-order valence-electron chi connectivity index (χ2n) is 7.09. The van der Waals surface area contributed by atoms with E-state index in [0.29, 0.717) is 22.5 Å². The lowest BCUT2D eigenvalue weighted by atomic mass is 10.1. The number of carboxylic acid groups (broad SMARTS) is 1. The second kappa shape index (κ2) is 9.90. The maximum Gasteiger partial charge on any atom is 0.344 e. The van der Waals surface area contributed by atoms with Gasteiger partial charge in [-0.2, -0.15) is 9.78 Å². The number of ether oxygens (including phenoxy) is 1. The highest BCUT2D eigenvalue weighted by Gasteiger charge is 2.16. The molecule has 0 saturated heterocycles. The fourth-order valence-electron chi connectivity index (χ4n) is 2.84. The SMILES string of the molecule is CC[C@H](C)c1nc2ccc(Br)cc2c(=O)n1N=Cc1ccc(O[C@@H](C)C(=O)O)c(I)c1. The van der Waals surface area contributed by atoms with Gasteiger partial charge in [-0.25, -0.2) is 9.78 Å². The summed E-state index contributed by atoms with van der Waals surface area (Å²) in [5, 5.41) is 14.0. The number of aromatic nitrogens is 2. The predicted octanol–water partition coefficient (Wildman–Crippen LogP) is 5.01. The third-order valence-corrected chi connectivity index (χ3v) is 6.15. The summed E-state index contributed by atoms with van der Waals surface area (Å²) in [4.78, 5) is 28.9. The lowest BCUT2D eigenvalue weighted by molar-refractivity contribution is -0.144. The number of hydrogen-bond donors (Lipinski definition) is 1. The van der Waals surface area contributed by atoms with Gasteiger partial charge in [-0.15, -0.1) is 0 Å². The molecule has 7 nitrogen and oxygen atoms in total. The fourth-order valence-corrected chi connectivity index (χ4v) is 3.86.